The number of carbonyl (C=O) groups is 1. The van der Waals surface area contributed by atoms with Crippen LogP contribution in [0, 0.1) is 11.3 Å². The maximum Gasteiger partial charge on any atom is 0.417 e. The summed E-state index contributed by atoms with van der Waals surface area (Å²) in [5.41, 5.74) is -1.27. The predicted molar refractivity (Wildman–Crippen MR) is 143 cm³/mol. The van der Waals surface area contributed by atoms with Crippen LogP contribution in [0.3, 0.4) is 0 Å². The maximum absolute atomic E-state index is 13.5. The Balaban J connectivity index is 1.51. The fourth-order valence-corrected chi connectivity index (χ4v) is 5.97. The number of nitrogens with zero attached hydrogens (tertiary/aromatic N) is 5. The van der Waals surface area contributed by atoms with E-state index in [1.807, 2.05) is 4.90 Å². The normalized spacial score (nSPS) is 22.5. The summed E-state index contributed by atoms with van der Waals surface area (Å²) in [4.78, 5) is 20.1. The molecule has 37 heavy (non-hydrogen) atoms. The molecular weight excluding hydrogens is 499 g/mol. The number of hydrogen-bond donors (Lipinski definition) is 0. The summed E-state index contributed by atoms with van der Waals surface area (Å²) in [7, 11) is 0. The lowest BCUT2D eigenvalue weighted by atomic mass is 10.0. The molecule has 0 saturated carbocycles. The third kappa shape index (κ3) is 6.74. The molecule has 2 saturated heterocycles. The average molecular weight is 538 g/mol. The van der Waals surface area contributed by atoms with Crippen LogP contribution in [0.15, 0.2) is 18.2 Å². The molecule has 1 aromatic carbocycles. The molecule has 10 heteroatoms. The van der Waals surface area contributed by atoms with Crippen molar-refractivity contribution >= 4 is 28.9 Å². The molecule has 0 N–H and O–H groups in total. The lowest BCUT2D eigenvalue weighted by molar-refractivity contribution is -0.138. The van der Waals surface area contributed by atoms with E-state index in [4.69, 9.17) is 17.5 Å². The zero-order chi connectivity index (χ0) is 27.5. The van der Waals surface area contributed by atoms with Gasteiger partial charge in [0.1, 0.15) is 0 Å². The number of rotatable bonds is 8. The molecule has 2 atom stereocenters. The molecule has 6 nitrogen and oxygen atoms in total. The summed E-state index contributed by atoms with van der Waals surface area (Å²) >= 11 is 5.70. The zero-order valence-corrected chi connectivity index (χ0v) is 23.3. The quantitative estimate of drug-likeness (QED) is 0.333. The van der Waals surface area contributed by atoms with Gasteiger partial charge in [-0.1, -0.05) is 12.8 Å². The average Bonchev–Trinajstić information content (AvgIpc) is 3.05. The van der Waals surface area contributed by atoms with Crippen LogP contribution in [-0.2, 0) is 11.0 Å². The molecule has 1 amide bonds. The molecule has 2 unspecified atom stereocenters. The van der Waals surface area contributed by atoms with Crippen molar-refractivity contribution in [3.8, 4) is 6.07 Å². The number of benzene rings is 1. The third-order valence-electron chi connectivity index (χ3n) is 7.57. The van der Waals surface area contributed by atoms with Crippen LogP contribution in [0.4, 0.5) is 18.9 Å². The van der Waals surface area contributed by atoms with Gasteiger partial charge < -0.3 is 14.7 Å². The highest BCUT2D eigenvalue weighted by Crippen LogP contribution is 2.37. The van der Waals surface area contributed by atoms with Gasteiger partial charge in [-0.25, -0.2) is 0 Å². The van der Waals surface area contributed by atoms with Crippen LogP contribution in [0.2, 0.25) is 0 Å². The van der Waals surface area contributed by atoms with E-state index < -0.39 is 11.7 Å². The fraction of sp³-hybridized carbons (Fsp3) is 0.667. The highest BCUT2D eigenvalue weighted by Gasteiger charge is 2.42. The Labute approximate surface area is 224 Å². The van der Waals surface area contributed by atoms with E-state index in [1.54, 1.807) is 17.9 Å². The summed E-state index contributed by atoms with van der Waals surface area (Å²) < 4.78 is 40.4. The van der Waals surface area contributed by atoms with Crippen molar-refractivity contribution in [1.29, 1.82) is 5.26 Å². The highest BCUT2D eigenvalue weighted by molar-refractivity contribution is 7.80. The van der Waals surface area contributed by atoms with Gasteiger partial charge in [-0.15, -0.1) is 0 Å². The predicted octanol–water partition coefficient (Wildman–Crippen LogP) is 5.26. The first kappa shape index (κ1) is 29.2. The second-order valence-corrected chi connectivity index (χ2v) is 11.3. The molecule has 2 heterocycles. The highest BCUT2D eigenvalue weighted by atomic mass is 32.1. The van der Waals surface area contributed by atoms with E-state index >= 15 is 0 Å². The number of halogens is 3. The van der Waals surface area contributed by atoms with Gasteiger partial charge >= 0.3 is 6.18 Å². The summed E-state index contributed by atoms with van der Waals surface area (Å²) in [6.45, 7) is 13.9. The van der Waals surface area contributed by atoms with Gasteiger partial charge in [0.25, 0.3) is 0 Å². The molecule has 0 bridgehead atoms. The maximum atomic E-state index is 13.5. The Morgan fingerprint density at radius 1 is 1.11 bits per heavy atom. The topological polar surface area (TPSA) is 53.8 Å². The molecule has 0 aromatic heterocycles. The van der Waals surface area contributed by atoms with Gasteiger partial charge in [-0.3, -0.25) is 9.69 Å². The van der Waals surface area contributed by atoms with Crippen LogP contribution >= 0.6 is 12.2 Å². The molecule has 2 fully saturated rings. The van der Waals surface area contributed by atoms with E-state index in [0.29, 0.717) is 23.4 Å². The van der Waals surface area contributed by atoms with Gasteiger partial charge in [0.2, 0.25) is 5.91 Å². The molecule has 2 aliphatic heterocycles. The lowest BCUT2D eigenvalue weighted by Crippen LogP contribution is -2.57. The largest absolute Gasteiger partial charge is 0.417 e. The zero-order valence-electron chi connectivity index (χ0n) is 22.4. The number of hydrogen-bond acceptors (Lipinski definition) is 4. The number of alkyl halides is 3. The van der Waals surface area contributed by atoms with E-state index in [2.05, 4.69) is 37.5 Å². The van der Waals surface area contributed by atoms with E-state index in [0.717, 1.165) is 57.9 Å². The van der Waals surface area contributed by atoms with Crippen LogP contribution < -0.4 is 4.90 Å². The van der Waals surface area contributed by atoms with Gasteiger partial charge in [0.05, 0.1) is 22.7 Å². The van der Waals surface area contributed by atoms with Crippen LogP contribution in [-0.4, -0.2) is 76.1 Å². The second-order valence-electron chi connectivity index (χ2n) is 11.0. The number of carbonyl (C=O) groups excluding carboxylic acids is 1. The van der Waals surface area contributed by atoms with Crippen molar-refractivity contribution in [2.45, 2.75) is 84.1 Å². The standard InChI is InChI=1S/C27H38F3N5OS/c1-19-17-33(21(3)36)20(2)16-32(19)12-8-6-7-9-13-35-25(37)34(18-26(35,4)5)23-11-10-22(15-31)24(14-23)27(28,29)30/h10-11,14,19-20H,6-9,12-13,16-18H2,1-5H3. The summed E-state index contributed by atoms with van der Waals surface area (Å²) in [6.07, 6.45) is -0.440. The first-order valence-electron chi connectivity index (χ1n) is 13.0. The molecule has 0 aliphatic carbocycles. The van der Waals surface area contributed by atoms with Crippen molar-refractivity contribution in [1.82, 2.24) is 14.7 Å². The molecule has 204 valence electrons. The fourth-order valence-electron chi connectivity index (χ4n) is 5.46. The van der Waals surface area contributed by atoms with E-state index in [9.17, 15) is 18.0 Å². The molecule has 3 rings (SSSR count). The van der Waals surface area contributed by atoms with Crippen molar-refractivity contribution in [2.24, 2.45) is 0 Å². The van der Waals surface area contributed by atoms with Crippen LogP contribution in [0.25, 0.3) is 0 Å². The Morgan fingerprint density at radius 3 is 2.35 bits per heavy atom. The Hall–Kier alpha value is -2.38. The van der Waals surface area contributed by atoms with E-state index in [1.165, 1.54) is 12.1 Å². The molecule has 2 aliphatic rings. The second kappa shape index (κ2) is 11.6. The van der Waals surface area contributed by atoms with Gasteiger partial charge in [-0.05, 0) is 77.5 Å². The van der Waals surface area contributed by atoms with Gasteiger partial charge in [0.15, 0.2) is 5.11 Å². The lowest BCUT2D eigenvalue weighted by Gasteiger charge is -2.44. The number of piperazine rings is 1. The monoisotopic (exact) mass is 537 g/mol. The number of unbranched alkanes of at least 4 members (excludes halogenated alkanes) is 3. The van der Waals surface area contributed by atoms with Crippen molar-refractivity contribution in [3.05, 3.63) is 29.3 Å². The van der Waals surface area contributed by atoms with Crippen molar-refractivity contribution in [2.75, 3.05) is 37.6 Å². The van der Waals surface area contributed by atoms with Crippen molar-refractivity contribution in [3.63, 3.8) is 0 Å². The smallest absolute Gasteiger partial charge is 0.342 e. The number of anilines is 1. The Kier molecular flexibility index (Phi) is 9.12. The van der Waals surface area contributed by atoms with Crippen LogP contribution in [0.5, 0.6) is 0 Å². The number of nitriles is 1. The Bertz CT molecular complexity index is 1040. The summed E-state index contributed by atoms with van der Waals surface area (Å²) in [5.74, 6) is 0.139. The van der Waals surface area contributed by atoms with Gasteiger partial charge in [-0.2, -0.15) is 18.4 Å². The molecule has 0 spiro atoms. The summed E-state index contributed by atoms with van der Waals surface area (Å²) in [5, 5.41) is 9.61. The molecular formula is C27H38F3N5OS. The van der Waals surface area contributed by atoms with Crippen LogP contribution in [0.1, 0.15) is 71.4 Å². The van der Waals surface area contributed by atoms with Crippen molar-refractivity contribution < 1.29 is 18.0 Å². The minimum absolute atomic E-state index is 0.139. The number of amides is 1. The first-order chi connectivity index (χ1) is 17.3. The minimum atomic E-state index is -4.60. The SMILES string of the molecule is CC(=O)N1CC(C)N(CCCCCCN2C(=S)N(c3ccc(C#N)c(C(F)(F)F)c3)CC2(C)C)CC1C. The molecule has 1 aromatic rings. The number of thiocarbonyl (C=S) groups is 1. The summed E-state index contributed by atoms with van der Waals surface area (Å²) in [6, 6.07) is 6.01. The minimum Gasteiger partial charge on any atom is -0.342 e. The van der Waals surface area contributed by atoms with E-state index in [-0.39, 0.29) is 23.1 Å². The molecule has 0 radical (unpaired) electrons. The third-order valence-corrected chi connectivity index (χ3v) is 8.02. The Morgan fingerprint density at radius 2 is 1.76 bits per heavy atom. The van der Waals surface area contributed by atoms with Gasteiger partial charge in [0, 0.05) is 50.9 Å². The first-order valence-corrected chi connectivity index (χ1v) is 13.4.